The monoisotopic (exact) mass is 183 g/mol. The quantitative estimate of drug-likeness (QED) is 0.600. The van der Waals surface area contributed by atoms with Gasteiger partial charge in [-0.2, -0.15) is 0 Å². The molecular weight excluding hydrogens is 159 g/mol. The Kier molecular flexibility index (Phi) is 27.4. The van der Waals surface area contributed by atoms with E-state index in [1.165, 1.54) is 30.4 Å². The summed E-state index contributed by atoms with van der Waals surface area (Å²) in [6.45, 7) is 9.19. The Balaban J connectivity index is -0.000000142. The van der Waals surface area contributed by atoms with Gasteiger partial charge in [-0.25, -0.2) is 0 Å². The van der Waals surface area contributed by atoms with E-state index in [2.05, 4.69) is 44.7 Å². The number of hydrogen-bond acceptors (Lipinski definition) is 0. The third-order valence-corrected chi connectivity index (χ3v) is 2.88. The summed E-state index contributed by atoms with van der Waals surface area (Å²) < 4.78 is 0. The van der Waals surface area contributed by atoms with E-state index in [1.54, 1.807) is 0 Å². The summed E-state index contributed by atoms with van der Waals surface area (Å²) in [7, 11) is 0.103. The summed E-state index contributed by atoms with van der Waals surface area (Å²) in [5.74, 6) is 0. The van der Waals surface area contributed by atoms with Crippen molar-refractivity contribution in [2.24, 2.45) is 0 Å². The predicted molar refractivity (Wildman–Crippen MR) is 61.7 cm³/mol. The Morgan fingerprint density at radius 3 is 1.58 bits per heavy atom. The molecule has 0 unspecified atom stereocenters. The van der Waals surface area contributed by atoms with Gasteiger partial charge < -0.3 is 5.48 Å². The first-order chi connectivity index (χ1) is 5.18. The third kappa shape index (κ3) is 30.9. The van der Waals surface area contributed by atoms with E-state index in [0.717, 1.165) is 0 Å². The molecule has 0 saturated heterocycles. The van der Waals surface area contributed by atoms with Crippen LogP contribution in [0, 0.1) is 0 Å². The Morgan fingerprint density at radius 1 is 1.08 bits per heavy atom. The number of unbranched alkanes of at least 4 members (excludes halogenated alkanes) is 1. The second kappa shape index (κ2) is 17.8. The van der Waals surface area contributed by atoms with Crippen molar-refractivity contribution in [3.63, 3.8) is 0 Å². The van der Waals surface area contributed by atoms with Crippen LogP contribution in [0.2, 0.25) is 24.2 Å². The maximum atomic E-state index is 2.38. The van der Waals surface area contributed by atoms with Gasteiger partial charge in [0.2, 0.25) is 0 Å². The van der Waals surface area contributed by atoms with Crippen molar-refractivity contribution in [2.45, 2.75) is 57.3 Å². The summed E-state index contributed by atoms with van der Waals surface area (Å²) in [5, 5.41) is 1.32. The fourth-order valence-corrected chi connectivity index (χ4v) is 1.59. The van der Waals surface area contributed by atoms with Crippen molar-refractivity contribution in [1.82, 2.24) is 0 Å². The van der Waals surface area contributed by atoms with Crippen LogP contribution in [0.5, 0.6) is 0 Å². The van der Waals surface area contributed by atoms with Gasteiger partial charge in [0, 0.05) is 8.80 Å². The molecule has 0 aromatic rings. The molecule has 0 aliphatic heterocycles. The number of rotatable bonds is 4. The van der Waals surface area contributed by atoms with Crippen LogP contribution in [0.1, 0.15) is 33.1 Å². The molecule has 0 spiro atoms. The van der Waals surface area contributed by atoms with Gasteiger partial charge in [0.15, 0.2) is 0 Å². The predicted octanol–water partition coefficient (Wildman–Crippen LogP) is 2.70. The zero-order valence-electron chi connectivity index (χ0n) is 9.54. The minimum atomic E-state index is 0. The molecule has 2 N–H and O–H groups in total. The zero-order chi connectivity index (χ0) is 9.11. The van der Waals surface area contributed by atoms with E-state index in [4.69, 9.17) is 0 Å². The molecule has 1 nitrogen and oxygen atoms in total. The van der Waals surface area contributed by atoms with Crippen molar-refractivity contribution < 1.29 is 5.48 Å². The van der Waals surface area contributed by atoms with Crippen molar-refractivity contribution in [3.8, 4) is 0 Å². The molecule has 1 radical (unpaired) electrons. The van der Waals surface area contributed by atoms with Gasteiger partial charge in [0.1, 0.15) is 0 Å². The Hall–Kier alpha value is 0.774. The van der Waals surface area contributed by atoms with Crippen LogP contribution in [0.4, 0.5) is 0 Å². The van der Waals surface area contributed by atoms with Gasteiger partial charge >= 0.3 is 36.2 Å². The molecule has 0 fully saturated rings. The average molecular weight is 183 g/mol. The third-order valence-electron chi connectivity index (χ3n) is 1.53. The minimum absolute atomic E-state index is 0. The van der Waals surface area contributed by atoms with Gasteiger partial charge in [-0.3, -0.25) is 0 Å². The summed E-state index contributed by atoms with van der Waals surface area (Å²) in [5.41, 5.74) is 0. The normalized spacial score (nSPS) is 8.58. The van der Waals surface area contributed by atoms with Crippen LogP contribution in [0.15, 0.2) is 0 Å². The molecule has 0 aromatic carbocycles. The van der Waals surface area contributed by atoms with Crippen molar-refractivity contribution in [1.29, 1.82) is 0 Å². The van der Waals surface area contributed by atoms with Crippen LogP contribution in [-0.2, 0) is 0 Å². The molecular formula is C9H24LiOSi. The number of hydrogen-bond donors (Lipinski definition) is 0. The molecule has 0 aromatic heterocycles. The molecule has 3 heteroatoms. The van der Waals surface area contributed by atoms with Gasteiger partial charge in [0.05, 0.1) is 0 Å². The van der Waals surface area contributed by atoms with Crippen molar-refractivity contribution in [2.75, 3.05) is 0 Å². The van der Waals surface area contributed by atoms with E-state index < -0.39 is 0 Å². The van der Waals surface area contributed by atoms with Crippen molar-refractivity contribution >= 4 is 26.5 Å². The van der Waals surface area contributed by atoms with Gasteiger partial charge in [-0.05, 0) is 0 Å². The molecule has 71 valence electrons. The molecule has 0 heterocycles. The van der Waals surface area contributed by atoms with Crippen molar-refractivity contribution in [3.05, 3.63) is 0 Å². The van der Waals surface area contributed by atoms with Crippen LogP contribution in [0.25, 0.3) is 0 Å². The molecule has 0 atom stereocenters. The van der Waals surface area contributed by atoms with E-state index in [9.17, 15) is 0 Å². The summed E-state index contributed by atoms with van der Waals surface area (Å²) in [6.07, 6.45) is 4.14. The Labute approximate surface area is 89.4 Å². The maximum absolute atomic E-state index is 2.38. The SMILES string of the molecule is CCCC[Si](C)C.O.[Li][CH2]CC. The summed E-state index contributed by atoms with van der Waals surface area (Å²) >= 11 is 2.18. The standard InChI is InChI=1S/C6H15Si.C3H7.Li.H2O/c1-4-5-6-7(2)3;1-3-2;;/h4-6H2,1-3H3;1,3H2,2H3;;1H2. The average Bonchev–Trinajstić information content (AvgIpc) is 2.01. The van der Waals surface area contributed by atoms with E-state index in [0.29, 0.717) is 0 Å². The fourth-order valence-electron chi connectivity index (χ4n) is 0.530. The molecule has 0 amide bonds. The molecule has 0 saturated carbocycles. The molecule has 0 rings (SSSR count). The first-order valence-corrected chi connectivity index (χ1v) is 7.68. The molecule has 0 aliphatic carbocycles. The summed E-state index contributed by atoms with van der Waals surface area (Å²) in [4.78, 5) is 0. The Bertz CT molecular complexity index is 58.5. The van der Waals surface area contributed by atoms with Gasteiger partial charge in [-0.15, -0.1) is 0 Å². The van der Waals surface area contributed by atoms with Gasteiger partial charge in [-0.1, -0.05) is 38.9 Å². The molecule has 0 aliphatic rings. The van der Waals surface area contributed by atoms with E-state index in [-0.39, 0.29) is 14.3 Å². The second-order valence-electron chi connectivity index (χ2n) is 3.31. The molecule has 12 heavy (non-hydrogen) atoms. The van der Waals surface area contributed by atoms with E-state index >= 15 is 0 Å². The van der Waals surface area contributed by atoms with Gasteiger partial charge in [0.25, 0.3) is 0 Å². The van der Waals surface area contributed by atoms with Crippen LogP contribution >= 0.6 is 0 Å². The first-order valence-electron chi connectivity index (χ1n) is 4.97. The van der Waals surface area contributed by atoms with E-state index in [1.807, 2.05) is 0 Å². The molecule has 0 bridgehead atoms. The van der Waals surface area contributed by atoms with Crippen LogP contribution in [-0.4, -0.2) is 32.0 Å². The van der Waals surface area contributed by atoms with Crippen LogP contribution < -0.4 is 0 Å². The summed E-state index contributed by atoms with van der Waals surface area (Å²) in [6, 6.07) is 1.50. The first kappa shape index (κ1) is 18.5. The second-order valence-corrected chi connectivity index (χ2v) is 6.22. The topological polar surface area (TPSA) is 31.5 Å². The van der Waals surface area contributed by atoms with Crippen LogP contribution in [0.3, 0.4) is 0 Å². The Morgan fingerprint density at radius 2 is 1.50 bits per heavy atom. The fraction of sp³-hybridized carbons (Fsp3) is 1.00. The zero-order valence-corrected chi connectivity index (χ0v) is 10.5.